The van der Waals surface area contributed by atoms with Crippen molar-refractivity contribution in [2.75, 3.05) is 6.54 Å². The van der Waals surface area contributed by atoms with E-state index < -0.39 is 5.67 Å². The second-order valence-corrected chi connectivity index (χ2v) is 5.43. The number of hydrogen-bond acceptors (Lipinski definition) is 1. The normalized spacial score (nSPS) is 27.8. The zero-order valence-corrected chi connectivity index (χ0v) is 9.73. The molecule has 0 spiro atoms. The molecule has 2 saturated carbocycles. The zero-order chi connectivity index (χ0) is 10.6. The van der Waals surface area contributed by atoms with Gasteiger partial charge in [-0.15, -0.1) is 0 Å². The quantitative estimate of drug-likeness (QED) is 0.755. The van der Waals surface area contributed by atoms with Gasteiger partial charge in [-0.2, -0.15) is 0 Å². The number of nitrogens with one attached hydrogen (secondary N) is 1. The van der Waals surface area contributed by atoms with Crippen LogP contribution in [0.25, 0.3) is 0 Å². The van der Waals surface area contributed by atoms with Crippen LogP contribution in [0.2, 0.25) is 0 Å². The van der Waals surface area contributed by atoms with Gasteiger partial charge >= 0.3 is 0 Å². The van der Waals surface area contributed by atoms with Crippen molar-refractivity contribution in [3.05, 3.63) is 0 Å². The minimum absolute atomic E-state index is 0.605. The van der Waals surface area contributed by atoms with E-state index in [9.17, 15) is 4.39 Å². The maximum Gasteiger partial charge on any atom is 0.123 e. The van der Waals surface area contributed by atoms with Crippen LogP contribution >= 0.6 is 0 Å². The number of halogens is 1. The minimum atomic E-state index is -0.879. The molecule has 0 amide bonds. The standard InChI is InChI=1S/C13H24FN/c14-13(9-5-2-6-10-13)11-15-12-7-3-1-4-8-12/h12,15H,1-11H2. The molecular weight excluding hydrogens is 189 g/mol. The van der Waals surface area contributed by atoms with Crippen LogP contribution in [0.1, 0.15) is 64.2 Å². The van der Waals surface area contributed by atoms with Crippen LogP contribution in [0.15, 0.2) is 0 Å². The van der Waals surface area contributed by atoms with Crippen molar-refractivity contribution < 1.29 is 4.39 Å². The van der Waals surface area contributed by atoms with Crippen LogP contribution in [0.5, 0.6) is 0 Å². The molecule has 2 rings (SSSR count). The van der Waals surface area contributed by atoms with Crippen molar-refractivity contribution in [1.29, 1.82) is 0 Å². The molecule has 2 fully saturated rings. The summed E-state index contributed by atoms with van der Waals surface area (Å²) in [5.74, 6) is 0. The smallest absolute Gasteiger partial charge is 0.123 e. The van der Waals surface area contributed by atoms with Gasteiger partial charge in [0.15, 0.2) is 0 Å². The van der Waals surface area contributed by atoms with E-state index >= 15 is 0 Å². The Morgan fingerprint density at radius 2 is 1.53 bits per heavy atom. The molecule has 15 heavy (non-hydrogen) atoms. The number of rotatable bonds is 3. The Labute approximate surface area is 92.8 Å². The molecule has 0 atom stereocenters. The van der Waals surface area contributed by atoms with Crippen molar-refractivity contribution in [2.24, 2.45) is 0 Å². The monoisotopic (exact) mass is 213 g/mol. The first-order valence-corrected chi connectivity index (χ1v) is 6.71. The molecule has 0 aromatic rings. The largest absolute Gasteiger partial charge is 0.311 e. The van der Waals surface area contributed by atoms with Crippen molar-refractivity contribution in [3.8, 4) is 0 Å². The van der Waals surface area contributed by atoms with E-state index in [1.807, 2.05) is 0 Å². The zero-order valence-electron chi connectivity index (χ0n) is 9.73. The van der Waals surface area contributed by atoms with Crippen LogP contribution < -0.4 is 5.32 Å². The molecule has 0 radical (unpaired) electrons. The van der Waals surface area contributed by atoms with Crippen molar-refractivity contribution in [3.63, 3.8) is 0 Å². The highest BCUT2D eigenvalue weighted by Crippen LogP contribution is 2.31. The van der Waals surface area contributed by atoms with Gasteiger partial charge in [-0.25, -0.2) is 4.39 Å². The maximum absolute atomic E-state index is 14.3. The molecule has 1 nitrogen and oxygen atoms in total. The molecule has 2 aliphatic rings. The van der Waals surface area contributed by atoms with Gasteiger partial charge < -0.3 is 5.32 Å². The highest BCUT2D eigenvalue weighted by Gasteiger charge is 2.32. The second kappa shape index (κ2) is 5.29. The Balaban J connectivity index is 1.70. The summed E-state index contributed by atoms with van der Waals surface area (Å²) in [5, 5.41) is 3.46. The lowest BCUT2D eigenvalue weighted by molar-refractivity contribution is 0.0989. The summed E-state index contributed by atoms with van der Waals surface area (Å²) in [6.45, 7) is 0.609. The first-order chi connectivity index (χ1) is 7.29. The van der Waals surface area contributed by atoms with Gasteiger partial charge in [-0.05, 0) is 25.7 Å². The van der Waals surface area contributed by atoms with Gasteiger partial charge in [-0.1, -0.05) is 38.5 Å². The highest BCUT2D eigenvalue weighted by atomic mass is 19.1. The molecule has 0 aliphatic heterocycles. The molecule has 88 valence electrons. The van der Waals surface area contributed by atoms with Crippen LogP contribution in [0.3, 0.4) is 0 Å². The summed E-state index contributed by atoms with van der Waals surface area (Å²) in [6.07, 6.45) is 11.5. The lowest BCUT2D eigenvalue weighted by atomic mass is 9.85. The fourth-order valence-corrected chi connectivity index (χ4v) is 3.00. The van der Waals surface area contributed by atoms with Crippen LogP contribution in [0, 0.1) is 0 Å². The summed E-state index contributed by atoms with van der Waals surface area (Å²) in [6, 6.07) is 0.605. The molecule has 1 N–H and O–H groups in total. The predicted octanol–water partition coefficient (Wildman–Crippen LogP) is 3.58. The fourth-order valence-electron chi connectivity index (χ4n) is 3.00. The van der Waals surface area contributed by atoms with Crippen molar-refractivity contribution in [1.82, 2.24) is 5.32 Å². The first-order valence-electron chi connectivity index (χ1n) is 6.71. The van der Waals surface area contributed by atoms with Crippen molar-refractivity contribution >= 4 is 0 Å². The van der Waals surface area contributed by atoms with E-state index in [0.29, 0.717) is 12.6 Å². The minimum Gasteiger partial charge on any atom is -0.311 e. The Morgan fingerprint density at radius 3 is 2.20 bits per heavy atom. The molecule has 2 aliphatic carbocycles. The van der Waals surface area contributed by atoms with E-state index in [1.165, 1.54) is 38.5 Å². The Hall–Kier alpha value is -0.110. The highest BCUT2D eigenvalue weighted by molar-refractivity contribution is 4.86. The molecule has 0 aromatic heterocycles. The van der Waals surface area contributed by atoms with E-state index in [-0.39, 0.29) is 0 Å². The Morgan fingerprint density at radius 1 is 0.933 bits per heavy atom. The number of alkyl halides is 1. The Kier molecular flexibility index (Phi) is 4.01. The Bertz CT molecular complexity index is 181. The van der Waals surface area contributed by atoms with Gasteiger partial charge in [0.05, 0.1) is 0 Å². The second-order valence-electron chi connectivity index (χ2n) is 5.43. The van der Waals surface area contributed by atoms with Gasteiger partial charge in [-0.3, -0.25) is 0 Å². The molecule has 2 heteroatoms. The maximum atomic E-state index is 14.3. The fraction of sp³-hybridized carbons (Fsp3) is 1.00. The summed E-state index contributed by atoms with van der Waals surface area (Å²) in [5.41, 5.74) is -0.879. The van der Waals surface area contributed by atoms with Crippen LogP contribution in [0.4, 0.5) is 4.39 Å². The van der Waals surface area contributed by atoms with Gasteiger partial charge in [0, 0.05) is 12.6 Å². The lowest BCUT2D eigenvalue weighted by Crippen LogP contribution is -2.43. The molecule has 0 aromatic carbocycles. The molecule has 0 unspecified atom stereocenters. The molecular formula is C13H24FN. The predicted molar refractivity (Wildman–Crippen MR) is 61.8 cm³/mol. The number of hydrogen-bond donors (Lipinski definition) is 1. The van der Waals surface area contributed by atoms with Crippen molar-refractivity contribution in [2.45, 2.75) is 75.9 Å². The topological polar surface area (TPSA) is 12.0 Å². The average molecular weight is 213 g/mol. The summed E-state index contributed by atoms with van der Waals surface area (Å²) in [4.78, 5) is 0. The van der Waals surface area contributed by atoms with E-state index in [4.69, 9.17) is 0 Å². The summed E-state index contributed by atoms with van der Waals surface area (Å²) in [7, 11) is 0. The summed E-state index contributed by atoms with van der Waals surface area (Å²) >= 11 is 0. The van der Waals surface area contributed by atoms with Crippen LogP contribution in [-0.4, -0.2) is 18.3 Å². The third-order valence-electron chi connectivity index (χ3n) is 4.06. The van der Waals surface area contributed by atoms with Gasteiger partial charge in [0.1, 0.15) is 5.67 Å². The molecule has 0 bridgehead atoms. The summed E-state index contributed by atoms with van der Waals surface area (Å²) < 4.78 is 14.3. The molecule has 0 saturated heterocycles. The van der Waals surface area contributed by atoms with E-state index in [2.05, 4.69) is 5.32 Å². The third kappa shape index (κ3) is 3.44. The first kappa shape index (κ1) is 11.4. The molecule has 0 heterocycles. The lowest BCUT2D eigenvalue weighted by Gasteiger charge is -2.32. The van der Waals surface area contributed by atoms with Crippen LogP contribution in [-0.2, 0) is 0 Å². The third-order valence-corrected chi connectivity index (χ3v) is 4.06. The van der Waals surface area contributed by atoms with E-state index in [0.717, 1.165) is 25.7 Å². The SMILES string of the molecule is FC1(CNC2CCCCC2)CCCCC1. The van der Waals surface area contributed by atoms with Gasteiger partial charge in [0.2, 0.25) is 0 Å². The van der Waals surface area contributed by atoms with Gasteiger partial charge in [0.25, 0.3) is 0 Å². The van der Waals surface area contributed by atoms with E-state index in [1.54, 1.807) is 0 Å². The average Bonchev–Trinajstić information content (AvgIpc) is 2.29.